The van der Waals surface area contributed by atoms with Crippen molar-refractivity contribution in [1.82, 2.24) is 9.97 Å². The van der Waals surface area contributed by atoms with Gasteiger partial charge >= 0.3 is 0 Å². The van der Waals surface area contributed by atoms with Gasteiger partial charge in [0.2, 0.25) is 5.95 Å². The Morgan fingerprint density at radius 2 is 2.32 bits per heavy atom. The number of anilines is 2. The van der Waals surface area contributed by atoms with E-state index in [2.05, 4.69) is 20.2 Å². The van der Waals surface area contributed by atoms with Crippen molar-refractivity contribution in [3.63, 3.8) is 0 Å². The van der Waals surface area contributed by atoms with Crippen LogP contribution in [0.2, 0.25) is 5.02 Å². The Kier molecular flexibility index (Phi) is 5.22. The van der Waals surface area contributed by atoms with Crippen LogP contribution in [0.1, 0.15) is 32.6 Å². The van der Waals surface area contributed by atoms with Crippen LogP contribution in [-0.2, 0) is 0 Å². The minimum Gasteiger partial charge on any atom is -0.394 e. The van der Waals surface area contributed by atoms with Crippen LogP contribution in [0.3, 0.4) is 0 Å². The van der Waals surface area contributed by atoms with Crippen molar-refractivity contribution in [2.75, 3.05) is 29.9 Å². The van der Waals surface area contributed by atoms with Gasteiger partial charge in [-0.1, -0.05) is 24.4 Å². The zero-order valence-corrected chi connectivity index (χ0v) is 12.0. The molecule has 1 fully saturated rings. The van der Waals surface area contributed by atoms with Crippen molar-refractivity contribution >= 4 is 23.4 Å². The predicted molar refractivity (Wildman–Crippen MR) is 77.9 cm³/mol. The lowest BCUT2D eigenvalue weighted by Crippen LogP contribution is -2.38. The highest BCUT2D eigenvalue weighted by Crippen LogP contribution is 2.29. The maximum Gasteiger partial charge on any atom is 0.224 e. The van der Waals surface area contributed by atoms with E-state index in [-0.39, 0.29) is 12.6 Å². The third-order valence-electron chi connectivity index (χ3n) is 3.42. The molecule has 0 aliphatic carbocycles. The van der Waals surface area contributed by atoms with Crippen LogP contribution in [0.25, 0.3) is 0 Å². The van der Waals surface area contributed by atoms with E-state index in [1.54, 1.807) is 6.20 Å². The first-order valence-corrected chi connectivity index (χ1v) is 7.28. The summed E-state index contributed by atoms with van der Waals surface area (Å²) in [6.07, 6.45) is 6.04. The highest BCUT2D eigenvalue weighted by Gasteiger charge is 2.24. The van der Waals surface area contributed by atoms with Gasteiger partial charge in [0, 0.05) is 13.1 Å². The van der Waals surface area contributed by atoms with E-state index in [1.807, 2.05) is 6.92 Å². The average molecular weight is 285 g/mol. The van der Waals surface area contributed by atoms with E-state index >= 15 is 0 Å². The Labute approximate surface area is 119 Å². The van der Waals surface area contributed by atoms with Gasteiger partial charge in [0.05, 0.1) is 18.8 Å². The number of nitrogens with zero attached hydrogens (tertiary/aromatic N) is 3. The first kappa shape index (κ1) is 14.3. The van der Waals surface area contributed by atoms with E-state index in [0.717, 1.165) is 38.2 Å². The lowest BCUT2D eigenvalue weighted by atomic mass is 10.1. The molecule has 0 amide bonds. The summed E-state index contributed by atoms with van der Waals surface area (Å²) in [4.78, 5) is 10.8. The Bertz CT molecular complexity index is 416. The van der Waals surface area contributed by atoms with Gasteiger partial charge in [0.1, 0.15) is 5.02 Å². The average Bonchev–Trinajstić information content (AvgIpc) is 2.66. The lowest BCUT2D eigenvalue weighted by molar-refractivity contribution is 0.254. The number of aromatic nitrogens is 2. The van der Waals surface area contributed by atoms with Crippen molar-refractivity contribution < 1.29 is 5.11 Å². The topological polar surface area (TPSA) is 61.3 Å². The molecule has 1 atom stereocenters. The summed E-state index contributed by atoms with van der Waals surface area (Å²) in [5.74, 6) is 1.32. The van der Waals surface area contributed by atoms with Gasteiger partial charge in [0.25, 0.3) is 0 Å². The fourth-order valence-electron chi connectivity index (χ4n) is 2.45. The molecule has 2 heterocycles. The van der Waals surface area contributed by atoms with Crippen LogP contribution in [-0.4, -0.2) is 40.8 Å². The maximum atomic E-state index is 9.57. The largest absolute Gasteiger partial charge is 0.394 e. The highest BCUT2D eigenvalue weighted by atomic mass is 35.5. The molecule has 1 aliphatic heterocycles. The number of nitrogens with one attached hydrogen (secondary N) is 1. The van der Waals surface area contributed by atoms with Gasteiger partial charge in [-0.15, -0.1) is 0 Å². The molecule has 6 heteroatoms. The smallest absolute Gasteiger partial charge is 0.224 e. The fraction of sp³-hybridized carbons (Fsp3) is 0.692. The Hall–Kier alpha value is -1.07. The van der Waals surface area contributed by atoms with Crippen LogP contribution in [0, 0.1) is 0 Å². The number of aliphatic hydroxyl groups is 1. The number of hydrogen-bond donors (Lipinski definition) is 2. The summed E-state index contributed by atoms with van der Waals surface area (Å²) >= 11 is 6.23. The Morgan fingerprint density at radius 3 is 3.05 bits per heavy atom. The molecule has 0 spiro atoms. The summed E-state index contributed by atoms with van der Waals surface area (Å²) in [6, 6.07) is 0.101. The van der Waals surface area contributed by atoms with E-state index in [9.17, 15) is 5.11 Å². The summed E-state index contributed by atoms with van der Waals surface area (Å²) in [6.45, 7) is 3.79. The van der Waals surface area contributed by atoms with Crippen LogP contribution in [0.15, 0.2) is 6.20 Å². The number of rotatable bonds is 4. The Balaban J connectivity index is 2.28. The van der Waals surface area contributed by atoms with E-state index in [4.69, 9.17) is 11.6 Å². The van der Waals surface area contributed by atoms with E-state index < -0.39 is 0 Å². The molecule has 0 saturated carbocycles. The normalized spacial score (nSPS) is 20.2. The van der Waals surface area contributed by atoms with Gasteiger partial charge in [-0.3, -0.25) is 0 Å². The van der Waals surface area contributed by atoms with Gasteiger partial charge in [-0.25, -0.2) is 4.98 Å². The maximum absolute atomic E-state index is 9.57. The quantitative estimate of drug-likeness (QED) is 0.888. The van der Waals surface area contributed by atoms with E-state index in [1.165, 1.54) is 6.42 Å². The molecule has 1 saturated heterocycles. The summed E-state index contributed by atoms with van der Waals surface area (Å²) in [5, 5.41) is 13.2. The SMILES string of the molecule is CCNc1ncc(Cl)c(N2CCCCCC2CO)n1. The predicted octanol–water partition coefficient (Wildman–Crippen LogP) is 2.30. The zero-order valence-electron chi connectivity index (χ0n) is 11.3. The van der Waals surface area contributed by atoms with Crippen molar-refractivity contribution in [3.8, 4) is 0 Å². The molecule has 1 aromatic rings. The molecule has 5 nitrogen and oxygen atoms in total. The van der Waals surface area contributed by atoms with E-state index in [0.29, 0.717) is 11.0 Å². The fourth-order valence-corrected chi connectivity index (χ4v) is 2.65. The van der Waals surface area contributed by atoms with Gasteiger partial charge in [-0.2, -0.15) is 4.98 Å². The molecule has 2 N–H and O–H groups in total. The number of halogens is 1. The molecule has 1 aromatic heterocycles. The minimum atomic E-state index is 0.101. The molecule has 0 aromatic carbocycles. The van der Waals surface area contributed by atoms with Crippen molar-refractivity contribution in [3.05, 3.63) is 11.2 Å². The second-order valence-electron chi connectivity index (χ2n) is 4.77. The van der Waals surface area contributed by atoms with Crippen LogP contribution >= 0.6 is 11.6 Å². The van der Waals surface area contributed by atoms with Crippen molar-refractivity contribution in [2.24, 2.45) is 0 Å². The third-order valence-corrected chi connectivity index (χ3v) is 3.69. The molecule has 1 unspecified atom stereocenters. The lowest BCUT2D eigenvalue weighted by Gasteiger charge is -2.30. The second-order valence-corrected chi connectivity index (χ2v) is 5.18. The third kappa shape index (κ3) is 3.48. The standard InChI is InChI=1S/C13H21ClN4O/c1-2-15-13-16-8-11(14)12(17-13)18-7-5-3-4-6-10(18)9-19/h8,10,19H,2-7,9H2,1H3,(H,15,16,17). The zero-order chi connectivity index (χ0) is 13.7. The van der Waals surface area contributed by atoms with Gasteiger partial charge < -0.3 is 15.3 Å². The van der Waals surface area contributed by atoms with Crippen molar-refractivity contribution in [1.29, 1.82) is 0 Å². The minimum absolute atomic E-state index is 0.101. The first-order valence-electron chi connectivity index (χ1n) is 6.90. The van der Waals surface area contributed by atoms with Crippen LogP contribution in [0.5, 0.6) is 0 Å². The van der Waals surface area contributed by atoms with Crippen molar-refractivity contribution in [2.45, 2.75) is 38.6 Å². The molecule has 1 aliphatic rings. The highest BCUT2D eigenvalue weighted by molar-refractivity contribution is 6.32. The molecular formula is C13H21ClN4O. The molecular weight excluding hydrogens is 264 g/mol. The monoisotopic (exact) mass is 284 g/mol. The van der Waals surface area contributed by atoms with Crippen LogP contribution < -0.4 is 10.2 Å². The van der Waals surface area contributed by atoms with Gasteiger partial charge in [0.15, 0.2) is 5.82 Å². The number of aliphatic hydroxyl groups excluding tert-OH is 1. The molecule has 19 heavy (non-hydrogen) atoms. The molecule has 106 valence electrons. The summed E-state index contributed by atoms with van der Waals surface area (Å²) in [7, 11) is 0. The molecule has 0 radical (unpaired) electrons. The summed E-state index contributed by atoms with van der Waals surface area (Å²) in [5.41, 5.74) is 0. The second kappa shape index (κ2) is 6.91. The number of hydrogen-bond acceptors (Lipinski definition) is 5. The molecule has 2 rings (SSSR count). The first-order chi connectivity index (χ1) is 9.26. The van der Waals surface area contributed by atoms with Crippen LogP contribution in [0.4, 0.5) is 11.8 Å². The molecule has 0 bridgehead atoms. The van der Waals surface area contributed by atoms with Gasteiger partial charge in [-0.05, 0) is 19.8 Å². The summed E-state index contributed by atoms with van der Waals surface area (Å²) < 4.78 is 0. The Morgan fingerprint density at radius 1 is 1.47 bits per heavy atom.